The van der Waals surface area contributed by atoms with E-state index in [4.69, 9.17) is 9.84 Å². The van der Waals surface area contributed by atoms with Gasteiger partial charge in [0, 0.05) is 23.4 Å². The summed E-state index contributed by atoms with van der Waals surface area (Å²) in [5.41, 5.74) is 1.50. The summed E-state index contributed by atoms with van der Waals surface area (Å²) in [5.74, 6) is 0.380. The summed E-state index contributed by atoms with van der Waals surface area (Å²) in [5, 5.41) is 11.9. The van der Waals surface area contributed by atoms with Crippen LogP contribution in [0.2, 0.25) is 0 Å². The highest BCUT2D eigenvalue weighted by Gasteiger charge is 2.25. The monoisotopic (exact) mass is 373 g/mol. The molecule has 3 aromatic heterocycles. The van der Waals surface area contributed by atoms with Gasteiger partial charge in [0.05, 0.1) is 19.0 Å². The number of methoxy groups -OCH3 is 1. The first-order chi connectivity index (χ1) is 12.5. The van der Waals surface area contributed by atoms with Crippen molar-refractivity contribution in [3.8, 4) is 11.0 Å². The minimum atomic E-state index is -1.03. The lowest BCUT2D eigenvalue weighted by Crippen LogP contribution is -2.37. The number of carboxylic acid groups (broad SMARTS) is 1. The number of amides is 1. The standard InChI is InChI=1S/C16H15N5O4S/c1-25-12-5-4-10-14(20-12)21(13(22)7-17-10)15-19-9-3-2-8(18-16(23)24)6-11(9)26-15/h4-5,7-8,18H,2-3,6H2,1H3,(H,23,24). The van der Waals surface area contributed by atoms with Crippen LogP contribution in [0.25, 0.3) is 16.3 Å². The van der Waals surface area contributed by atoms with Crippen LogP contribution in [-0.2, 0) is 12.8 Å². The fourth-order valence-corrected chi connectivity index (χ4v) is 4.22. The summed E-state index contributed by atoms with van der Waals surface area (Å²) in [4.78, 5) is 37.4. The lowest BCUT2D eigenvalue weighted by atomic mass is 9.98. The third kappa shape index (κ3) is 2.88. The smallest absolute Gasteiger partial charge is 0.404 e. The Morgan fingerprint density at radius 3 is 3.04 bits per heavy atom. The van der Waals surface area contributed by atoms with E-state index in [2.05, 4.69) is 20.3 Å². The Labute approximate surface area is 151 Å². The maximum absolute atomic E-state index is 12.5. The topological polar surface area (TPSA) is 119 Å². The number of ether oxygens (including phenoxy) is 1. The second-order valence-corrected chi connectivity index (χ2v) is 6.95. The van der Waals surface area contributed by atoms with Gasteiger partial charge in [0.1, 0.15) is 5.52 Å². The highest BCUT2D eigenvalue weighted by molar-refractivity contribution is 7.14. The first-order valence-electron chi connectivity index (χ1n) is 7.96. The molecule has 10 heteroatoms. The Kier molecular flexibility index (Phi) is 4.03. The highest BCUT2D eigenvalue weighted by Crippen LogP contribution is 2.29. The van der Waals surface area contributed by atoms with Crippen molar-refractivity contribution in [3.63, 3.8) is 0 Å². The van der Waals surface area contributed by atoms with Gasteiger partial charge in [-0.3, -0.25) is 4.79 Å². The van der Waals surface area contributed by atoms with E-state index < -0.39 is 6.09 Å². The van der Waals surface area contributed by atoms with Crippen LogP contribution in [0.15, 0.2) is 23.1 Å². The molecule has 0 saturated heterocycles. The molecule has 0 saturated carbocycles. The van der Waals surface area contributed by atoms with E-state index in [1.165, 1.54) is 29.2 Å². The molecule has 9 nitrogen and oxygen atoms in total. The Hall–Kier alpha value is -3.01. The van der Waals surface area contributed by atoms with Crippen LogP contribution < -0.4 is 15.6 Å². The predicted molar refractivity (Wildman–Crippen MR) is 94.3 cm³/mol. The number of carbonyl (C=O) groups is 1. The number of aryl methyl sites for hydroxylation is 1. The molecule has 4 rings (SSSR count). The van der Waals surface area contributed by atoms with E-state index >= 15 is 0 Å². The van der Waals surface area contributed by atoms with E-state index in [0.717, 1.165) is 10.6 Å². The molecule has 0 aliphatic heterocycles. The Bertz CT molecular complexity index is 1060. The zero-order valence-electron chi connectivity index (χ0n) is 13.8. The maximum Gasteiger partial charge on any atom is 0.404 e. The molecular weight excluding hydrogens is 358 g/mol. The zero-order chi connectivity index (χ0) is 18.3. The number of hydrogen-bond donors (Lipinski definition) is 2. The number of pyridine rings is 1. The number of aromatic nitrogens is 4. The number of nitrogens with zero attached hydrogens (tertiary/aromatic N) is 4. The van der Waals surface area contributed by atoms with Crippen molar-refractivity contribution in [1.82, 2.24) is 24.8 Å². The van der Waals surface area contributed by atoms with Gasteiger partial charge in [-0.15, -0.1) is 11.3 Å². The van der Waals surface area contributed by atoms with Gasteiger partial charge in [0.15, 0.2) is 10.8 Å². The minimum absolute atomic E-state index is 0.141. The van der Waals surface area contributed by atoms with Gasteiger partial charge < -0.3 is 15.2 Å². The first kappa shape index (κ1) is 16.5. The van der Waals surface area contributed by atoms with E-state index in [1.54, 1.807) is 12.1 Å². The van der Waals surface area contributed by atoms with Gasteiger partial charge in [-0.2, -0.15) is 4.98 Å². The molecule has 1 atom stereocenters. The molecule has 0 aromatic carbocycles. The molecule has 3 heterocycles. The summed E-state index contributed by atoms with van der Waals surface area (Å²) in [7, 11) is 1.50. The molecule has 2 N–H and O–H groups in total. The van der Waals surface area contributed by atoms with Gasteiger partial charge in [0.25, 0.3) is 5.56 Å². The molecule has 0 spiro atoms. The average molecular weight is 373 g/mol. The molecule has 1 amide bonds. The lowest BCUT2D eigenvalue weighted by molar-refractivity contribution is 0.188. The largest absolute Gasteiger partial charge is 0.481 e. The summed E-state index contributed by atoms with van der Waals surface area (Å²) in [6.07, 6.45) is 2.11. The molecular formula is C16H15N5O4S. The van der Waals surface area contributed by atoms with Crippen LogP contribution in [0.3, 0.4) is 0 Å². The van der Waals surface area contributed by atoms with Gasteiger partial charge in [-0.25, -0.2) is 19.3 Å². The van der Waals surface area contributed by atoms with Crippen LogP contribution in [0.1, 0.15) is 17.0 Å². The quantitative estimate of drug-likeness (QED) is 0.711. The van der Waals surface area contributed by atoms with Crippen LogP contribution in [-0.4, -0.2) is 43.9 Å². The van der Waals surface area contributed by atoms with Gasteiger partial charge >= 0.3 is 6.09 Å². The van der Waals surface area contributed by atoms with Crippen LogP contribution in [0.5, 0.6) is 5.88 Å². The summed E-state index contributed by atoms with van der Waals surface area (Å²) in [6, 6.07) is 3.27. The highest BCUT2D eigenvalue weighted by atomic mass is 32.1. The molecule has 0 bridgehead atoms. The third-order valence-electron chi connectivity index (χ3n) is 4.23. The molecule has 0 radical (unpaired) electrons. The van der Waals surface area contributed by atoms with Crippen molar-refractivity contribution in [2.45, 2.75) is 25.3 Å². The Morgan fingerprint density at radius 1 is 1.42 bits per heavy atom. The molecule has 3 aromatic rings. The van der Waals surface area contributed by atoms with Crippen LogP contribution in [0.4, 0.5) is 4.79 Å². The van der Waals surface area contributed by atoms with Crippen molar-refractivity contribution >= 4 is 28.6 Å². The average Bonchev–Trinajstić information content (AvgIpc) is 3.03. The molecule has 0 fully saturated rings. The van der Waals surface area contributed by atoms with Crippen molar-refractivity contribution in [2.75, 3.05) is 7.11 Å². The van der Waals surface area contributed by atoms with E-state index in [-0.39, 0.29) is 11.6 Å². The van der Waals surface area contributed by atoms with Gasteiger partial charge in [-0.05, 0) is 18.9 Å². The minimum Gasteiger partial charge on any atom is -0.481 e. The van der Waals surface area contributed by atoms with E-state index in [9.17, 15) is 9.59 Å². The van der Waals surface area contributed by atoms with Crippen molar-refractivity contribution in [1.29, 1.82) is 0 Å². The summed E-state index contributed by atoms with van der Waals surface area (Å²) in [6.45, 7) is 0. The van der Waals surface area contributed by atoms with Gasteiger partial charge in [-0.1, -0.05) is 0 Å². The van der Waals surface area contributed by atoms with Crippen LogP contribution in [0, 0.1) is 0 Å². The maximum atomic E-state index is 12.5. The molecule has 1 aliphatic rings. The summed E-state index contributed by atoms with van der Waals surface area (Å²) >= 11 is 1.37. The lowest BCUT2D eigenvalue weighted by Gasteiger charge is -2.20. The van der Waals surface area contributed by atoms with E-state index in [1.807, 2.05) is 0 Å². The fourth-order valence-electron chi connectivity index (χ4n) is 3.03. The second kappa shape index (κ2) is 6.37. The Balaban J connectivity index is 1.80. The van der Waals surface area contributed by atoms with E-state index in [0.29, 0.717) is 41.4 Å². The summed E-state index contributed by atoms with van der Waals surface area (Å²) < 4.78 is 6.57. The molecule has 26 heavy (non-hydrogen) atoms. The predicted octanol–water partition coefficient (Wildman–Crippen LogP) is 1.37. The molecule has 134 valence electrons. The number of hydrogen-bond acceptors (Lipinski definition) is 7. The van der Waals surface area contributed by atoms with Crippen molar-refractivity contribution < 1.29 is 14.6 Å². The zero-order valence-corrected chi connectivity index (χ0v) is 14.6. The molecule has 1 aliphatic carbocycles. The van der Waals surface area contributed by atoms with Gasteiger partial charge in [0.2, 0.25) is 5.88 Å². The number of fused-ring (bicyclic) bond motifs is 2. The third-order valence-corrected chi connectivity index (χ3v) is 5.34. The normalized spacial score (nSPS) is 16.3. The molecule has 1 unspecified atom stereocenters. The Morgan fingerprint density at radius 2 is 2.27 bits per heavy atom. The number of rotatable bonds is 3. The van der Waals surface area contributed by atoms with Crippen LogP contribution >= 0.6 is 11.3 Å². The van der Waals surface area contributed by atoms with Crippen molar-refractivity contribution in [2.24, 2.45) is 0 Å². The number of thiazole rings is 1. The first-order valence-corrected chi connectivity index (χ1v) is 8.78. The number of nitrogens with one attached hydrogen (secondary N) is 1. The van der Waals surface area contributed by atoms with Crippen molar-refractivity contribution in [3.05, 3.63) is 39.3 Å². The second-order valence-electron chi connectivity index (χ2n) is 5.88. The fraction of sp³-hybridized carbons (Fsp3) is 0.312. The SMILES string of the molecule is COc1ccc2ncc(=O)n(-c3nc4c(s3)CC(NC(=O)O)CC4)c2n1.